The number of aryl methyl sites for hydroxylation is 2. The Hall–Kier alpha value is -2.40. The molecule has 2 rings (SSSR count). The summed E-state index contributed by atoms with van der Waals surface area (Å²) in [5, 5.41) is 2.68. The average Bonchev–Trinajstić information content (AvgIpc) is 2.58. The number of methoxy groups -OCH3 is 1. The lowest BCUT2D eigenvalue weighted by atomic mass is 10.1. The largest absolute Gasteiger partial charge is 0.497 e. The summed E-state index contributed by atoms with van der Waals surface area (Å²) in [6.07, 6.45) is 3.08. The predicted octanol–water partition coefficient (Wildman–Crippen LogP) is 3.58. The van der Waals surface area contributed by atoms with Crippen LogP contribution in [0.3, 0.4) is 0 Å². The Morgan fingerprint density at radius 1 is 1.25 bits per heavy atom. The number of amides is 1. The Morgan fingerprint density at radius 3 is 2.62 bits per heavy atom. The smallest absolute Gasteiger partial charge is 0.291 e. The first-order chi connectivity index (χ1) is 11.5. The third-order valence-electron chi connectivity index (χ3n) is 3.51. The monoisotopic (exact) mass is 346 g/mol. The molecule has 6 heteroatoms. The second-order valence-corrected chi connectivity index (χ2v) is 5.79. The van der Waals surface area contributed by atoms with Crippen LogP contribution < -0.4 is 10.1 Å². The lowest BCUT2D eigenvalue weighted by Crippen LogP contribution is -2.23. The number of hydrogen-bond donors (Lipinski definition) is 1. The fourth-order valence-corrected chi connectivity index (χ4v) is 2.34. The van der Waals surface area contributed by atoms with Gasteiger partial charge in [0.2, 0.25) is 5.78 Å². The first-order valence-corrected chi connectivity index (χ1v) is 7.96. The van der Waals surface area contributed by atoms with Gasteiger partial charge in [-0.3, -0.25) is 9.59 Å². The molecule has 1 N–H and O–H groups in total. The van der Waals surface area contributed by atoms with Gasteiger partial charge in [0.25, 0.3) is 5.91 Å². The van der Waals surface area contributed by atoms with E-state index in [1.165, 1.54) is 0 Å². The molecule has 1 heterocycles. The first-order valence-electron chi connectivity index (χ1n) is 7.59. The number of aromatic nitrogens is 1. The van der Waals surface area contributed by atoms with Crippen molar-refractivity contribution < 1.29 is 14.3 Å². The number of halogens is 1. The number of ether oxygens (including phenoxy) is 1. The lowest BCUT2D eigenvalue weighted by Gasteiger charge is -2.07. The summed E-state index contributed by atoms with van der Waals surface area (Å²) in [6, 6.07) is 9.31. The molecule has 0 aliphatic heterocycles. The number of nitrogens with zero attached hydrogens (tertiary/aromatic N) is 1. The zero-order chi connectivity index (χ0) is 17.5. The maximum absolute atomic E-state index is 11.9. The van der Waals surface area contributed by atoms with E-state index in [4.69, 9.17) is 16.3 Å². The van der Waals surface area contributed by atoms with Crippen LogP contribution in [0.1, 0.15) is 24.0 Å². The van der Waals surface area contributed by atoms with Crippen LogP contribution in [0.5, 0.6) is 5.75 Å². The minimum Gasteiger partial charge on any atom is -0.497 e. The van der Waals surface area contributed by atoms with Gasteiger partial charge in [0, 0.05) is 12.6 Å². The van der Waals surface area contributed by atoms with Gasteiger partial charge in [-0.15, -0.1) is 0 Å². The number of ketones is 1. The van der Waals surface area contributed by atoms with Crippen molar-refractivity contribution >= 4 is 29.0 Å². The number of hydrogen-bond acceptors (Lipinski definition) is 4. The quantitative estimate of drug-likeness (QED) is 0.614. The zero-order valence-electron chi connectivity index (χ0n) is 13.6. The topological polar surface area (TPSA) is 68.3 Å². The normalized spacial score (nSPS) is 10.3. The van der Waals surface area contributed by atoms with E-state index in [0.717, 1.165) is 23.3 Å². The second kappa shape index (κ2) is 8.45. The molecular weight excluding hydrogens is 328 g/mol. The summed E-state index contributed by atoms with van der Waals surface area (Å²) >= 11 is 5.91. The molecule has 0 atom stereocenters. The number of nitrogens with one attached hydrogen (secondary N) is 1. The van der Waals surface area contributed by atoms with Crippen molar-refractivity contribution in [3.8, 4) is 5.75 Å². The van der Waals surface area contributed by atoms with E-state index in [1.807, 2.05) is 31.2 Å². The van der Waals surface area contributed by atoms with E-state index in [9.17, 15) is 9.59 Å². The minimum absolute atomic E-state index is 0.167. The standard InChI is InChI=1S/C18H19ClN2O3/c1-12-10-15(17(19)20-11-12)21-18(23)16(22)5-3-4-13-6-8-14(24-2)9-7-13/h6-11H,3-5H2,1-2H3,(H,21,23). The molecule has 126 valence electrons. The van der Waals surface area contributed by atoms with Crippen molar-refractivity contribution in [3.05, 3.63) is 52.8 Å². The molecule has 24 heavy (non-hydrogen) atoms. The SMILES string of the molecule is COc1ccc(CCCC(=O)C(=O)Nc2cc(C)cnc2Cl)cc1. The molecule has 0 fully saturated rings. The molecule has 0 saturated heterocycles. The van der Waals surface area contributed by atoms with Crippen molar-refractivity contribution in [1.29, 1.82) is 0 Å². The Morgan fingerprint density at radius 2 is 1.96 bits per heavy atom. The van der Waals surface area contributed by atoms with Crippen LogP contribution >= 0.6 is 11.6 Å². The van der Waals surface area contributed by atoms with Gasteiger partial charge in [0.05, 0.1) is 12.8 Å². The van der Waals surface area contributed by atoms with Gasteiger partial charge in [-0.25, -0.2) is 4.98 Å². The molecule has 0 unspecified atom stereocenters. The fourth-order valence-electron chi connectivity index (χ4n) is 2.19. The number of benzene rings is 1. The molecule has 1 aromatic heterocycles. The number of carbonyl (C=O) groups is 2. The molecule has 2 aromatic rings. The summed E-state index contributed by atoms with van der Waals surface area (Å²) in [6.45, 7) is 1.83. The highest BCUT2D eigenvalue weighted by Gasteiger charge is 2.15. The van der Waals surface area contributed by atoms with Crippen LogP contribution in [-0.4, -0.2) is 23.8 Å². The van der Waals surface area contributed by atoms with Gasteiger partial charge in [-0.1, -0.05) is 23.7 Å². The highest BCUT2D eigenvalue weighted by molar-refractivity contribution is 6.42. The van der Waals surface area contributed by atoms with Crippen LogP contribution in [0.25, 0.3) is 0 Å². The fraction of sp³-hybridized carbons (Fsp3) is 0.278. The Labute approximate surface area is 146 Å². The van der Waals surface area contributed by atoms with E-state index >= 15 is 0 Å². The zero-order valence-corrected chi connectivity index (χ0v) is 14.4. The molecule has 1 amide bonds. The number of rotatable bonds is 7. The van der Waals surface area contributed by atoms with Crippen molar-refractivity contribution in [3.63, 3.8) is 0 Å². The molecule has 0 saturated carbocycles. The maximum atomic E-state index is 11.9. The van der Waals surface area contributed by atoms with Crippen molar-refractivity contribution in [2.24, 2.45) is 0 Å². The van der Waals surface area contributed by atoms with Crippen molar-refractivity contribution in [1.82, 2.24) is 4.98 Å². The van der Waals surface area contributed by atoms with Crippen LogP contribution in [0.15, 0.2) is 36.5 Å². The van der Waals surface area contributed by atoms with Crippen LogP contribution in [-0.2, 0) is 16.0 Å². The summed E-state index contributed by atoms with van der Waals surface area (Å²) < 4.78 is 5.10. The predicted molar refractivity (Wildman–Crippen MR) is 93.6 cm³/mol. The molecule has 1 aromatic carbocycles. The Bertz CT molecular complexity index is 730. The average molecular weight is 347 g/mol. The molecule has 0 bridgehead atoms. The minimum atomic E-state index is -0.668. The number of anilines is 1. The summed E-state index contributed by atoms with van der Waals surface area (Å²) in [7, 11) is 1.61. The molecular formula is C18H19ClN2O3. The second-order valence-electron chi connectivity index (χ2n) is 5.43. The van der Waals surface area contributed by atoms with Crippen LogP contribution in [0, 0.1) is 6.92 Å². The number of Topliss-reactive ketones (excluding diaryl/α,β-unsaturated/α-hetero) is 1. The molecule has 0 aliphatic carbocycles. The molecule has 0 aliphatic rings. The summed E-state index contributed by atoms with van der Waals surface area (Å²) in [4.78, 5) is 27.8. The Balaban J connectivity index is 1.83. The van der Waals surface area contributed by atoms with Gasteiger partial charge < -0.3 is 10.1 Å². The Kier molecular flexibility index (Phi) is 6.32. The van der Waals surface area contributed by atoms with E-state index in [0.29, 0.717) is 12.1 Å². The van der Waals surface area contributed by atoms with E-state index < -0.39 is 11.7 Å². The third kappa shape index (κ3) is 5.06. The maximum Gasteiger partial charge on any atom is 0.291 e. The van der Waals surface area contributed by atoms with Crippen LogP contribution in [0.2, 0.25) is 5.15 Å². The van der Waals surface area contributed by atoms with Gasteiger partial charge in [-0.05, 0) is 49.1 Å². The van der Waals surface area contributed by atoms with Gasteiger partial charge >= 0.3 is 0 Å². The third-order valence-corrected chi connectivity index (χ3v) is 3.81. The number of carbonyl (C=O) groups excluding carboxylic acids is 2. The lowest BCUT2D eigenvalue weighted by molar-refractivity contribution is -0.134. The van der Waals surface area contributed by atoms with E-state index in [1.54, 1.807) is 19.4 Å². The van der Waals surface area contributed by atoms with Gasteiger partial charge in [0.15, 0.2) is 5.15 Å². The van der Waals surface area contributed by atoms with Crippen molar-refractivity contribution in [2.75, 3.05) is 12.4 Å². The highest BCUT2D eigenvalue weighted by Crippen LogP contribution is 2.20. The summed E-state index contributed by atoms with van der Waals surface area (Å²) in [5.74, 6) is -0.349. The van der Waals surface area contributed by atoms with E-state index in [-0.39, 0.29) is 11.6 Å². The number of pyridine rings is 1. The highest BCUT2D eigenvalue weighted by atomic mass is 35.5. The van der Waals surface area contributed by atoms with Gasteiger partial charge in [0.1, 0.15) is 5.75 Å². The molecule has 0 radical (unpaired) electrons. The van der Waals surface area contributed by atoms with Crippen molar-refractivity contribution in [2.45, 2.75) is 26.2 Å². The molecule has 0 spiro atoms. The van der Waals surface area contributed by atoms with E-state index in [2.05, 4.69) is 10.3 Å². The molecule has 5 nitrogen and oxygen atoms in total. The van der Waals surface area contributed by atoms with Gasteiger partial charge in [-0.2, -0.15) is 0 Å². The van der Waals surface area contributed by atoms with Crippen LogP contribution in [0.4, 0.5) is 5.69 Å². The first kappa shape index (κ1) is 17.9. The summed E-state index contributed by atoms with van der Waals surface area (Å²) in [5.41, 5.74) is 2.29.